The Hall–Kier alpha value is -1.48. The maximum absolute atomic E-state index is 12.2. The Bertz CT molecular complexity index is 609. The Morgan fingerprint density at radius 2 is 1.78 bits per heavy atom. The van der Waals surface area contributed by atoms with Crippen molar-refractivity contribution in [2.75, 3.05) is 18.5 Å². The monoisotopic (exact) mass is 383 g/mol. The van der Waals surface area contributed by atoms with Crippen molar-refractivity contribution in [1.29, 1.82) is 0 Å². The normalized spacial score (nSPS) is 25.0. The molecule has 1 aromatic heterocycles. The topological polar surface area (TPSA) is 117 Å². The van der Waals surface area contributed by atoms with E-state index in [0.29, 0.717) is 5.82 Å². The van der Waals surface area contributed by atoms with Crippen molar-refractivity contribution in [3.05, 3.63) is 22.7 Å². The van der Waals surface area contributed by atoms with Gasteiger partial charge in [0.1, 0.15) is 24.1 Å². The van der Waals surface area contributed by atoms with Crippen LogP contribution in [0.25, 0.3) is 0 Å². The number of unbranched alkanes of at least 4 members (excludes halogenated alkanes) is 7. The smallest absolute Gasteiger partial charge is 0.351 e. The van der Waals surface area contributed by atoms with Crippen LogP contribution in [0.4, 0.5) is 5.82 Å². The van der Waals surface area contributed by atoms with Gasteiger partial charge in [-0.1, -0.05) is 51.9 Å². The van der Waals surface area contributed by atoms with Crippen molar-refractivity contribution >= 4 is 5.82 Å². The van der Waals surface area contributed by atoms with Crippen LogP contribution in [0.2, 0.25) is 0 Å². The van der Waals surface area contributed by atoms with E-state index in [1.807, 2.05) is 0 Å². The SMILES string of the molecule is CCCCCCCCCCNc1ccn([C@@H]2O[C@H](CO)[C@@H](O)[C@H]2O)c(=O)n1. The lowest BCUT2D eigenvalue weighted by Crippen LogP contribution is -2.36. The predicted molar refractivity (Wildman–Crippen MR) is 103 cm³/mol. The lowest BCUT2D eigenvalue weighted by Gasteiger charge is -2.17. The van der Waals surface area contributed by atoms with E-state index in [1.165, 1.54) is 44.7 Å². The molecular formula is C19H33N3O5. The largest absolute Gasteiger partial charge is 0.394 e. The number of aliphatic hydroxyl groups is 3. The fraction of sp³-hybridized carbons (Fsp3) is 0.789. The van der Waals surface area contributed by atoms with E-state index in [4.69, 9.17) is 9.84 Å². The van der Waals surface area contributed by atoms with Crippen LogP contribution in [0.15, 0.2) is 17.1 Å². The van der Waals surface area contributed by atoms with Gasteiger partial charge in [-0.15, -0.1) is 0 Å². The molecule has 1 aromatic rings. The summed E-state index contributed by atoms with van der Waals surface area (Å²) in [6, 6.07) is 1.64. The van der Waals surface area contributed by atoms with E-state index in [9.17, 15) is 15.0 Å². The molecule has 4 N–H and O–H groups in total. The number of hydrogen-bond donors (Lipinski definition) is 4. The second-order valence-corrected chi connectivity index (χ2v) is 7.13. The summed E-state index contributed by atoms with van der Waals surface area (Å²) in [5.74, 6) is 0.478. The first kappa shape index (κ1) is 21.8. The Labute approximate surface area is 160 Å². The molecule has 1 aliphatic rings. The molecule has 2 rings (SSSR count). The molecule has 8 heteroatoms. The van der Waals surface area contributed by atoms with Gasteiger partial charge in [0.05, 0.1) is 6.61 Å². The number of rotatable bonds is 12. The highest BCUT2D eigenvalue weighted by molar-refractivity contribution is 5.31. The van der Waals surface area contributed by atoms with Crippen molar-refractivity contribution in [3.63, 3.8) is 0 Å². The molecule has 8 nitrogen and oxygen atoms in total. The summed E-state index contributed by atoms with van der Waals surface area (Å²) in [6.07, 6.45) is 6.86. The summed E-state index contributed by atoms with van der Waals surface area (Å²) < 4.78 is 6.48. The van der Waals surface area contributed by atoms with Crippen molar-refractivity contribution in [3.8, 4) is 0 Å². The van der Waals surface area contributed by atoms with Gasteiger partial charge in [0.25, 0.3) is 0 Å². The summed E-state index contributed by atoms with van der Waals surface area (Å²) in [5, 5.41) is 32.1. The van der Waals surface area contributed by atoms with Crippen molar-refractivity contribution in [2.45, 2.75) is 82.8 Å². The molecule has 1 aliphatic heterocycles. The molecule has 0 saturated carbocycles. The molecule has 154 valence electrons. The third-order valence-electron chi connectivity index (χ3n) is 4.96. The maximum Gasteiger partial charge on any atom is 0.351 e. The molecule has 0 unspecified atom stereocenters. The van der Waals surface area contributed by atoms with Crippen molar-refractivity contribution in [1.82, 2.24) is 9.55 Å². The summed E-state index contributed by atoms with van der Waals surface area (Å²) in [4.78, 5) is 16.2. The zero-order chi connectivity index (χ0) is 19.6. The first-order valence-corrected chi connectivity index (χ1v) is 10.0. The van der Waals surface area contributed by atoms with E-state index in [-0.39, 0.29) is 0 Å². The fourth-order valence-electron chi connectivity index (χ4n) is 3.29. The predicted octanol–water partition coefficient (Wildman–Crippen LogP) is 1.41. The van der Waals surface area contributed by atoms with Crippen LogP contribution in [0.1, 0.15) is 64.5 Å². The number of hydrogen-bond acceptors (Lipinski definition) is 7. The first-order valence-electron chi connectivity index (χ1n) is 10.0. The Morgan fingerprint density at radius 3 is 2.37 bits per heavy atom. The van der Waals surface area contributed by atoms with Gasteiger partial charge in [-0.25, -0.2) is 4.79 Å². The Balaban J connectivity index is 1.74. The average molecular weight is 383 g/mol. The van der Waals surface area contributed by atoms with E-state index in [1.54, 1.807) is 6.07 Å². The molecule has 0 aromatic carbocycles. The zero-order valence-electron chi connectivity index (χ0n) is 16.1. The maximum atomic E-state index is 12.2. The number of anilines is 1. The minimum absolute atomic E-state index is 0.435. The summed E-state index contributed by atoms with van der Waals surface area (Å²) in [5.41, 5.74) is -0.578. The first-order chi connectivity index (χ1) is 13.1. The van der Waals surface area contributed by atoms with Gasteiger partial charge >= 0.3 is 5.69 Å². The number of aliphatic hydroxyl groups excluding tert-OH is 3. The quantitative estimate of drug-likeness (QED) is 0.403. The second-order valence-electron chi connectivity index (χ2n) is 7.13. The minimum Gasteiger partial charge on any atom is -0.394 e. The lowest BCUT2D eigenvalue weighted by molar-refractivity contribution is -0.0549. The van der Waals surface area contributed by atoms with E-state index in [0.717, 1.165) is 24.0 Å². The van der Waals surface area contributed by atoms with Gasteiger partial charge in [-0.05, 0) is 12.5 Å². The van der Waals surface area contributed by atoms with Crippen LogP contribution < -0.4 is 11.0 Å². The number of aromatic nitrogens is 2. The number of nitrogens with zero attached hydrogens (tertiary/aromatic N) is 2. The van der Waals surface area contributed by atoms with Crippen LogP contribution in [-0.2, 0) is 4.74 Å². The number of nitrogens with one attached hydrogen (secondary N) is 1. The molecule has 0 spiro atoms. The molecule has 2 heterocycles. The van der Waals surface area contributed by atoms with Crippen LogP contribution in [0, 0.1) is 0 Å². The molecule has 4 atom stereocenters. The van der Waals surface area contributed by atoms with Crippen LogP contribution in [0.5, 0.6) is 0 Å². The highest BCUT2D eigenvalue weighted by atomic mass is 16.6. The van der Waals surface area contributed by atoms with Gasteiger partial charge in [-0.2, -0.15) is 4.98 Å². The Morgan fingerprint density at radius 1 is 1.11 bits per heavy atom. The molecule has 0 bridgehead atoms. The van der Waals surface area contributed by atoms with Crippen LogP contribution >= 0.6 is 0 Å². The molecule has 27 heavy (non-hydrogen) atoms. The van der Waals surface area contributed by atoms with Crippen LogP contribution in [-0.4, -0.2) is 56.3 Å². The van der Waals surface area contributed by atoms with Gasteiger partial charge in [0, 0.05) is 12.7 Å². The van der Waals surface area contributed by atoms with Gasteiger partial charge in [-0.3, -0.25) is 4.57 Å². The third-order valence-corrected chi connectivity index (χ3v) is 4.96. The minimum atomic E-state index is -1.29. The Kier molecular flexibility index (Phi) is 9.20. The number of ether oxygens (including phenoxy) is 1. The summed E-state index contributed by atoms with van der Waals surface area (Å²) >= 11 is 0. The standard InChI is InChI=1S/C19H33N3O5/c1-2-3-4-5-6-7-8-9-11-20-15-10-12-22(19(26)21-15)18-17(25)16(24)14(13-23)27-18/h10,12,14,16-18,23-25H,2-9,11,13H2,1H3,(H,20,21,26)/t14-,16-,17-,18-/m1/s1. The second kappa shape index (κ2) is 11.4. The molecular weight excluding hydrogens is 350 g/mol. The summed E-state index contributed by atoms with van der Waals surface area (Å²) in [6.45, 7) is 2.53. The third kappa shape index (κ3) is 6.27. The molecule has 0 radical (unpaired) electrons. The highest BCUT2D eigenvalue weighted by Gasteiger charge is 2.43. The fourth-order valence-corrected chi connectivity index (χ4v) is 3.29. The van der Waals surface area contributed by atoms with Gasteiger partial charge in [0.15, 0.2) is 6.23 Å². The van der Waals surface area contributed by atoms with Gasteiger partial charge < -0.3 is 25.4 Å². The molecule has 0 amide bonds. The van der Waals surface area contributed by atoms with Gasteiger partial charge in [0.2, 0.25) is 0 Å². The van der Waals surface area contributed by atoms with Crippen LogP contribution in [0.3, 0.4) is 0 Å². The lowest BCUT2D eigenvalue weighted by atomic mass is 10.1. The molecule has 1 fully saturated rings. The highest BCUT2D eigenvalue weighted by Crippen LogP contribution is 2.28. The van der Waals surface area contributed by atoms with Crippen molar-refractivity contribution in [2.24, 2.45) is 0 Å². The molecule has 1 saturated heterocycles. The van der Waals surface area contributed by atoms with E-state index in [2.05, 4.69) is 17.2 Å². The van der Waals surface area contributed by atoms with Crippen molar-refractivity contribution < 1.29 is 20.1 Å². The molecule has 0 aliphatic carbocycles. The summed E-state index contributed by atoms with van der Waals surface area (Å²) in [7, 11) is 0. The van der Waals surface area contributed by atoms with E-state index < -0.39 is 36.8 Å². The zero-order valence-corrected chi connectivity index (χ0v) is 16.1. The average Bonchev–Trinajstić information content (AvgIpc) is 2.95. The van der Waals surface area contributed by atoms with E-state index >= 15 is 0 Å².